The number of carbonyl (C=O) groups is 2. The maximum atomic E-state index is 11.6. The van der Waals surface area contributed by atoms with E-state index in [-0.39, 0.29) is 29.7 Å². The summed E-state index contributed by atoms with van der Waals surface area (Å²) >= 11 is 5.63. The van der Waals surface area contributed by atoms with E-state index in [0.717, 1.165) is 0 Å². The summed E-state index contributed by atoms with van der Waals surface area (Å²) in [5.74, 6) is -0.0851. The van der Waals surface area contributed by atoms with Gasteiger partial charge in [-0.1, -0.05) is 25.4 Å². The molecule has 1 rings (SSSR count). The second-order valence-corrected chi connectivity index (χ2v) is 4.82. The average Bonchev–Trinajstić information content (AvgIpc) is 2.36. The standard InChI is InChI=1S/C12H17ClN4O2/c1-8(2)5-16-11(18)3-4-15-12(19)9-6-14-7-10(13)17-9/h6-8H,3-5H2,1-2H3,(H,15,19)(H,16,18). The molecule has 0 bridgehead atoms. The van der Waals surface area contributed by atoms with Gasteiger partial charge in [0, 0.05) is 19.5 Å². The molecule has 0 aromatic carbocycles. The number of nitrogens with one attached hydrogen (secondary N) is 2. The lowest BCUT2D eigenvalue weighted by Crippen LogP contribution is -2.32. The lowest BCUT2D eigenvalue weighted by atomic mass is 10.2. The molecule has 19 heavy (non-hydrogen) atoms. The number of halogens is 1. The summed E-state index contributed by atoms with van der Waals surface area (Å²) < 4.78 is 0. The van der Waals surface area contributed by atoms with Crippen LogP contribution in [0, 0.1) is 5.92 Å². The Balaban J connectivity index is 2.29. The van der Waals surface area contributed by atoms with Crippen molar-refractivity contribution in [3.8, 4) is 0 Å². The van der Waals surface area contributed by atoms with Crippen LogP contribution in [-0.2, 0) is 4.79 Å². The molecule has 6 nitrogen and oxygen atoms in total. The molecule has 0 spiro atoms. The van der Waals surface area contributed by atoms with Crippen molar-refractivity contribution in [1.29, 1.82) is 0 Å². The monoisotopic (exact) mass is 284 g/mol. The van der Waals surface area contributed by atoms with Crippen molar-refractivity contribution in [2.24, 2.45) is 5.92 Å². The first-order chi connectivity index (χ1) is 8.99. The molecule has 1 heterocycles. The second kappa shape index (κ2) is 7.68. The Bertz CT molecular complexity index is 451. The molecule has 1 aromatic rings. The predicted molar refractivity (Wildman–Crippen MR) is 71.8 cm³/mol. The summed E-state index contributed by atoms with van der Waals surface area (Å²) in [4.78, 5) is 30.6. The Morgan fingerprint density at radius 2 is 2.05 bits per heavy atom. The minimum Gasteiger partial charge on any atom is -0.356 e. The van der Waals surface area contributed by atoms with Crippen molar-refractivity contribution < 1.29 is 9.59 Å². The first-order valence-corrected chi connectivity index (χ1v) is 6.39. The summed E-state index contributed by atoms with van der Waals surface area (Å²) in [6, 6.07) is 0. The summed E-state index contributed by atoms with van der Waals surface area (Å²) in [6.45, 7) is 4.91. The Morgan fingerprint density at radius 3 is 2.68 bits per heavy atom. The second-order valence-electron chi connectivity index (χ2n) is 4.43. The zero-order chi connectivity index (χ0) is 14.3. The highest BCUT2D eigenvalue weighted by molar-refractivity contribution is 6.29. The van der Waals surface area contributed by atoms with Crippen LogP contribution in [0.15, 0.2) is 12.4 Å². The van der Waals surface area contributed by atoms with E-state index in [2.05, 4.69) is 20.6 Å². The van der Waals surface area contributed by atoms with Crippen molar-refractivity contribution in [2.45, 2.75) is 20.3 Å². The summed E-state index contributed by atoms with van der Waals surface area (Å²) in [6.07, 6.45) is 2.89. The molecule has 104 valence electrons. The van der Waals surface area contributed by atoms with E-state index in [1.807, 2.05) is 13.8 Å². The molecule has 2 N–H and O–H groups in total. The molecule has 0 radical (unpaired) electrons. The number of nitrogens with zero attached hydrogens (tertiary/aromatic N) is 2. The van der Waals surface area contributed by atoms with Gasteiger partial charge in [-0.25, -0.2) is 4.98 Å². The van der Waals surface area contributed by atoms with Gasteiger partial charge in [0.25, 0.3) is 5.91 Å². The number of amides is 2. The molecular weight excluding hydrogens is 268 g/mol. The molecule has 0 aliphatic rings. The molecular formula is C12H17ClN4O2. The van der Waals surface area contributed by atoms with Gasteiger partial charge in [0.1, 0.15) is 10.8 Å². The van der Waals surface area contributed by atoms with Gasteiger partial charge in [-0.2, -0.15) is 0 Å². The van der Waals surface area contributed by atoms with Gasteiger partial charge >= 0.3 is 0 Å². The number of aromatic nitrogens is 2. The van der Waals surface area contributed by atoms with E-state index in [1.165, 1.54) is 12.4 Å². The van der Waals surface area contributed by atoms with Crippen LogP contribution >= 0.6 is 11.6 Å². The van der Waals surface area contributed by atoms with Crippen molar-refractivity contribution in [3.05, 3.63) is 23.2 Å². The van der Waals surface area contributed by atoms with Crippen LogP contribution < -0.4 is 10.6 Å². The lowest BCUT2D eigenvalue weighted by Gasteiger charge is -2.08. The minimum atomic E-state index is -0.397. The number of rotatable bonds is 6. The van der Waals surface area contributed by atoms with Gasteiger partial charge in [-0.15, -0.1) is 0 Å². The minimum absolute atomic E-state index is 0.0915. The van der Waals surface area contributed by atoms with Crippen molar-refractivity contribution in [3.63, 3.8) is 0 Å². The molecule has 0 fully saturated rings. The van der Waals surface area contributed by atoms with Gasteiger partial charge in [0.15, 0.2) is 0 Å². The molecule has 2 amide bonds. The largest absolute Gasteiger partial charge is 0.356 e. The third-order valence-electron chi connectivity index (χ3n) is 2.18. The maximum absolute atomic E-state index is 11.6. The number of hydrogen-bond donors (Lipinski definition) is 2. The van der Waals surface area contributed by atoms with E-state index in [0.29, 0.717) is 12.5 Å². The van der Waals surface area contributed by atoms with Crippen LogP contribution in [0.2, 0.25) is 5.15 Å². The molecule has 0 saturated carbocycles. The highest BCUT2D eigenvalue weighted by Gasteiger charge is 2.09. The fraction of sp³-hybridized carbons (Fsp3) is 0.500. The third kappa shape index (κ3) is 6.15. The van der Waals surface area contributed by atoms with Crippen molar-refractivity contribution in [1.82, 2.24) is 20.6 Å². The molecule has 0 saturated heterocycles. The van der Waals surface area contributed by atoms with E-state index >= 15 is 0 Å². The molecule has 0 atom stereocenters. The van der Waals surface area contributed by atoms with E-state index in [1.54, 1.807) is 0 Å². The van der Waals surface area contributed by atoms with Gasteiger partial charge in [-0.05, 0) is 5.92 Å². The molecule has 1 aromatic heterocycles. The summed E-state index contributed by atoms with van der Waals surface area (Å²) in [5, 5.41) is 5.50. The third-order valence-corrected chi connectivity index (χ3v) is 2.36. The predicted octanol–water partition coefficient (Wildman–Crippen LogP) is 1.02. The summed E-state index contributed by atoms with van der Waals surface area (Å²) in [7, 11) is 0. The topological polar surface area (TPSA) is 84.0 Å². The maximum Gasteiger partial charge on any atom is 0.271 e. The molecule has 0 unspecified atom stereocenters. The zero-order valence-corrected chi connectivity index (χ0v) is 11.7. The SMILES string of the molecule is CC(C)CNC(=O)CCNC(=O)c1cncc(Cl)n1. The highest BCUT2D eigenvalue weighted by Crippen LogP contribution is 2.02. The molecule has 0 aliphatic heterocycles. The van der Waals surface area contributed by atoms with Crippen LogP contribution in [0.4, 0.5) is 0 Å². The van der Waals surface area contributed by atoms with Crippen LogP contribution in [0.1, 0.15) is 30.8 Å². The normalized spacial score (nSPS) is 10.3. The fourth-order valence-electron chi connectivity index (χ4n) is 1.24. The van der Waals surface area contributed by atoms with Crippen LogP contribution in [0.3, 0.4) is 0 Å². The molecule has 7 heteroatoms. The van der Waals surface area contributed by atoms with E-state index < -0.39 is 5.91 Å². The Hall–Kier alpha value is -1.69. The fourth-order valence-corrected chi connectivity index (χ4v) is 1.39. The smallest absolute Gasteiger partial charge is 0.271 e. The van der Waals surface area contributed by atoms with E-state index in [4.69, 9.17) is 11.6 Å². The van der Waals surface area contributed by atoms with Crippen molar-refractivity contribution in [2.75, 3.05) is 13.1 Å². The number of hydrogen-bond acceptors (Lipinski definition) is 4. The Labute approximate surface area is 117 Å². The zero-order valence-electron chi connectivity index (χ0n) is 10.9. The first kappa shape index (κ1) is 15.4. The van der Waals surface area contributed by atoms with Crippen molar-refractivity contribution >= 4 is 23.4 Å². The highest BCUT2D eigenvalue weighted by atomic mass is 35.5. The average molecular weight is 285 g/mol. The quantitative estimate of drug-likeness (QED) is 0.817. The van der Waals surface area contributed by atoms with E-state index in [9.17, 15) is 9.59 Å². The Morgan fingerprint density at radius 1 is 1.32 bits per heavy atom. The van der Waals surface area contributed by atoms with Crippen LogP contribution in [0.25, 0.3) is 0 Å². The number of carbonyl (C=O) groups excluding carboxylic acids is 2. The van der Waals surface area contributed by atoms with Crippen LogP contribution in [-0.4, -0.2) is 34.9 Å². The lowest BCUT2D eigenvalue weighted by molar-refractivity contribution is -0.121. The Kier molecular flexibility index (Phi) is 6.21. The van der Waals surface area contributed by atoms with Crippen LogP contribution in [0.5, 0.6) is 0 Å². The van der Waals surface area contributed by atoms with Gasteiger partial charge in [-0.3, -0.25) is 14.6 Å². The van der Waals surface area contributed by atoms with Gasteiger partial charge in [0.05, 0.1) is 12.4 Å². The van der Waals surface area contributed by atoms with Gasteiger partial charge < -0.3 is 10.6 Å². The molecule has 0 aliphatic carbocycles. The van der Waals surface area contributed by atoms with Gasteiger partial charge in [0.2, 0.25) is 5.91 Å². The first-order valence-electron chi connectivity index (χ1n) is 6.01. The summed E-state index contributed by atoms with van der Waals surface area (Å²) in [5.41, 5.74) is 0.134.